The molecule has 1 fully saturated rings. The van der Waals surface area contributed by atoms with Gasteiger partial charge in [-0.2, -0.15) is 0 Å². The Morgan fingerprint density at radius 1 is 1.23 bits per heavy atom. The maximum absolute atomic E-state index is 4.12. The highest BCUT2D eigenvalue weighted by Crippen LogP contribution is 2.26. The zero-order valence-electron chi connectivity index (χ0n) is 15.2. The molecule has 0 aromatic carbocycles. The Kier molecular flexibility index (Phi) is 9.42. The molecule has 0 bridgehead atoms. The summed E-state index contributed by atoms with van der Waals surface area (Å²) in [7, 11) is 0. The van der Waals surface area contributed by atoms with E-state index in [2.05, 4.69) is 57.1 Å². The highest BCUT2D eigenvalue weighted by atomic mass is 15.0. The van der Waals surface area contributed by atoms with Crippen LogP contribution < -0.4 is 10.6 Å². The van der Waals surface area contributed by atoms with Crippen LogP contribution in [0.5, 0.6) is 0 Å². The van der Waals surface area contributed by atoms with Gasteiger partial charge in [-0.05, 0) is 58.8 Å². The molecule has 0 radical (unpaired) electrons. The highest BCUT2D eigenvalue weighted by Gasteiger charge is 2.21. The molecular formula is C20H36N2. The van der Waals surface area contributed by atoms with Crippen LogP contribution in [0.4, 0.5) is 0 Å². The van der Waals surface area contributed by atoms with Gasteiger partial charge < -0.3 is 10.6 Å². The molecule has 0 spiro atoms. The lowest BCUT2D eigenvalue weighted by molar-refractivity contribution is 0.322. The summed E-state index contributed by atoms with van der Waals surface area (Å²) in [5, 5.41) is 7.20. The molecule has 0 aromatic rings. The molecular weight excluding hydrogens is 268 g/mol. The summed E-state index contributed by atoms with van der Waals surface area (Å²) in [5.41, 5.74) is 4.33. The predicted molar refractivity (Wildman–Crippen MR) is 99.2 cm³/mol. The molecule has 2 unspecified atom stereocenters. The van der Waals surface area contributed by atoms with Crippen LogP contribution in [0.2, 0.25) is 0 Å². The van der Waals surface area contributed by atoms with Gasteiger partial charge in [-0.3, -0.25) is 0 Å². The van der Waals surface area contributed by atoms with Crippen molar-refractivity contribution in [1.29, 1.82) is 0 Å². The van der Waals surface area contributed by atoms with Crippen LogP contribution in [-0.4, -0.2) is 25.7 Å². The minimum Gasteiger partial charge on any atom is -0.312 e. The molecule has 0 amide bonds. The van der Waals surface area contributed by atoms with Crippen molar-refractivity contribution in [1.82, 2.24) is 10.6 Å². The van der Waals surface area contributed by atoms with E-state index in [9.17, 15) is 0 Å². The lowest BCUT2D eigenvalue weighted by Gasteiger charge is -2.31. The molecule has 1 saturated carbocycles. The van der Waals surface area contributed by atoms with E-state index in [1.807, 2.05) is 0 Å². The van der Waals surface area contributed by atoms with E-state index in [-0.39, 0.29) is 0 Å². The largest absolute Gasteiger partial charge is 0.312 e. The third-order valence-electron chi connectivity index (χ3n) is 4.50. The Hall–Kier alpha value is -0.860. The third kappa shape index (κ3) is 8.55. The SMILES string of the molecule is C=C1CCC(NCCNC/C=C(\C)CCC=C(C)C)C(C)C1. The summed E-state index contributed by atoms with van der Waals surface area (Å²) in [6, 6.07) is 0.675. The number of hydrogen-bond acceptors (Lipinski definition) is 2. The molecule has 1 aliphatic carbocycles. The van der Waals surface area contributed by atoms with Gasteiger partial charge in [0.25, 0.3) is 0 Å². The second-order valence-corrected chi connectivity index (χ2v) is 7.11. The standard InChI is InChI=1S/C20H36N2/c1-16(2)7-6-8-17(3)11-12-21-13-14-22-20-10-9-18(4)15-19(20)5/h7,11,19-22H,4,6,8-10,12-15H2,1-3,5H3/b17-11+. The summed E-state index contributed by atoms with van der Waals surface area (Å²) >= 11 is 0. The van der Waals surface area contributed by atoms with Gasteiger partial charge in [-0.25, -0.2) is 0 Å². The van der Waals surface area contributed by atoms with Crippen LogP contribution in [-0.2, 0) is 0 Å². The van der Waals surface area contributed by atoms with Crippen molar-refractivity contribution in [2.45, 2.75) is 65.8 Å². The molecule has 2 atom stereocenters. The van der Waals surface area contributed by atoms with E-state index in [0.29, 0.717) is 6.04 Å². The Bertz CT molecular complexity index is 389. The number of rotatable bonds is 9. The Morgan fingerprint density at radius 2 is 2.00 bits per heavy atom. The summed E-state index contributed by atoms with van der Waals surface area (Å²) in [4.78, 5) is 0. The number of allylic oxidation sites excluding steroid dienone is 4. The van der Waals surface area contributed by atoms with Crippen molar-refractivity contribution in [3.63, 3.8) is 0 Å². The first-order valence-electron chi connectivity index (χ1n) is 8.88. The van der Waals surface area contributed by atoms with Crippen molar-refractivity contribution >= 4 is 0 Å². The molecule has 0 heterocycles. The van der Waals surface area contributed by atoms with E-state index in [1.54, 1.807) is 0 Å². The maximum atomic E-state index is 4.12. The van der Waals surface area contributed by atoms with E-state index >= 15 is 0 Å². The monoisotopic (exact) mass is 304 g/mol. The van der Waals surface area contributed by atoms with Gasteiger partial charge in [0.1, 0.15) is 0 Å². The van der Waals surface area contributed by atoms with Crippen LogP contribution in [0.1, 0.15) is 59.8 Å². The van der Waals surface area contributed by atoms with Crippen molar-refractivity contribution in [2.75, 3.05) is 19.6 Å². The van der Waals surface area contributed by atoms with Crippen LogP contribution >= 0.6 is 0 Å². The summed E-state index contributed by atoms with van der Waals surface area (Å²) < 4.78 is 0. The molecule has 1 aliphatic rings. The fourth-order valence-electron chi connectivity index (χ4n) is 3.03. The molecule has 126 valence electrons. The van der Waals surface area contributed by atoms with Gasteiger partial charge in [-0.15, -0.1) is 0 Å². The average molecular weight is 305 g/mol. The van der Waals surface area contributed by atoms with E-state index < -0.39 is 0 Å². The highest BCUT2D eigenvalue weighted by molar-refractivity contribution is 5.03. The van der Waals surface area contributed by atoms with Gasteiger partial charge in [0, 0.05) is 25.7 Å². The first kappa shape index (κ1) is 19.2. The molecule has 2 N–H and O–H groups in total. The molecule has 0 saturated heterocycles. The summed E-state index contributed by atoms with van der Waals surface area (Å²) in [6.45, 7) is 16.1. The van der Waals surface area contributed by atoms with Crippen LogP contribution in [0, 0.1) is 5.92 Å². The molecule has 22 heavy (non-hydrogen) atoms. The van der Waals surface area contributed by atoms with Crippen molar-refractivity contribution in [3.05, 3.63) is 35.5 Å². The zero-order chi connectivity index (χ0) is 16.4. The average Bonchev–Trinajstić information content (AvgIpc) is 2.44. The minimum absolute atomic E-state index is 0.675. The first-order valence-corrected chi connectivity index (χ1v) is 8.88. The second-order valence-electron chi connectivity index (χ2n) is 7.11. The summed E-state index contributed by atoms with van der Waals surface area (Å²) in [5.74, 6) is 0.735. The Balaban J connectivity index is 2.05. The van der Waals surface area contributed by atoms with E-state index in [0.717, 1.165) is 32.0 Å². The Morgan fingerprint density at radius 3 is 2.68 bits per heavy atom. The number of nitrogens with one attached hydrogen (secondary N) is 2. The maximum Gasteiger partial charge on any atom is 0.0137 e. The minimum atomic E-state index is 0.675. The van der Waals surface area contributed by atoms with Gasteiger partial charge in [0.05, 0.1) is 0 Å². The van der Waals surface area contributed by atoms with Gasteiger partial charge in [-0.1, -0.05) is 42.4 Å². The lowest BCUT2D eigenvalue weighted by Crippen LogP contribution is -2.41. The molecule has 0 aliphatic heterocycles. The normalized spacial score (nSPS) is 22.7. The van der Waals surface area contributed by atoms with Gasteiger partial charge >= 0.3 is 0 Å². The van der Waals surface area contributed by atoms with E-state index in [4.69, 9.17) is 0 Å². The lowest BCUT2D eigenvalue weighted by atomic mass is 9.83. The molecule has 2 nitrogen and oxygen atoms in total. The fourth-order valence-corrected chi connectivity index (χ4v) is 3.03. The van der Waals surface area contributed by atoms with Gasteiger partial charge in [0.15, 0.2) is 0 Å². The van der Waals surface area contributed by atoms with Crippen LogP contribution in [0.15, 0.2) is 35.5 Å². The summed E-state index contributed by atoms with van der Waals surface area (Å²) in [6.07, 6.45) is 10.6. The second kappa shape index (κ2) is 10.8. The van der Waals surface area contributed by atoms with Crippen molar-refractivity contribution in [3.8, 4) is 0 Å². The smallest absolute Gasteiger partial charge is 0.0137 e. The third-order valence-corrected chi connectivity index (χ3v) is 4.50. The molecule has 1 rings (SSSR count). The van der Waals surface area contributed by atoms with Crippen LogP contribution in [0.25, 0.3) is 0 Å². The van der Waals surface area contributed by atoms with Crippen molar-refractivity contribution < 1.29 is 0 Å². The predicted octanol–water partition coefficient (Wildman–Crippen LogP) is 4.60. The Labute approximate surface area is 138 Å². The van der Waals surface area contributed by atoms with E-state index in [1.165, 1.54) is 42.4 Å². The topological polar surface area (TPSA) is 24.1 Å². The zero-order valence-corrected chi connectivity index (χ0v) is 15.2. The molecule has 0 aromatic heterocycles. The fraction of sp³-hybridized carbons (Fsp3) is 0.700. The quantitative estimate of drug-likeness (QED) is 0.480. The van der Waals surface area contributed by atoms with Crippen molar-refractivity contribution in [2.24, 2.45) is 5.92 Å². The van der Waals surface area contributed by atoms with Crippen LogP contribution in [0.3, 0.4) is 0 Å². The van der Waals surface area contributed by atoms with Gasteiger partial charge in [0.2, 0.25) is 0 Å². The first-order chi connectivity index (χ1) is 10.5. The number of hydrogen-bond donors (Lipinski definition) is 2. The molecule has 2 heteroatoms.